The number of hydrogen-bond donors (Lipinski definition) is 1. The largest absolute Gasteiger partial charge is 0.496 e. The maximum Gasteiger partial charge on any atom is 0.191 e. The molecule has 0 saturated heterocycles. The van der Waals surface area contributed by atoms with Crippen molar-refractivity contribution in [1.82, 2.24) is 0 Å². The monoisotopic (exact) mass is 274 g/mol. The van der Waals surface area contributed by atoms with Gasteiger partial charge in [-0.3, -0.25) is 4.79 Å². The molecule has 0 aromatic heterocycles. The fourth-order valence-electron chi connectivity index (χ4n) is 2.66. The van der Waals surface area contributed by atoms with Crippen molar-refractivity contribution in [3.63, 3.8) is 0 Å². The summed E-state index contributed by atoms with van der Waals surface area (Å²) < 4.78 is 5.31. The van der Waals surface area contributed by atoms with Crippen molar-refractivity contribution in [2.24, 2.45) is 0 Å². The van der Waals surface area contributed by atoms with Gasteiger partial charge in [0.15, 0.2) is 5.78 Å². The molecule has 1 aromatic rings. The molecule has 0 amide bonds. The molecule has 108 valence electrons. The van der Waals surface area contributed by atoms with Crippen molar-refractivity contribution in [1.29, 1.82) is 0 Å². The summed E-state index contributed by atoms with van der Waals surface area (Å²) in [6, 6.07) is 3.80. The van der Waals surface area contributed by atoms with E-state index in [0.29, 0.717) is 11.3 Å². The first-order chi connectivity index (χ1) is 9.41. The third kappa shape index (κ3) is 2.38. The van der Waals surface area contributed by atoms with Crippen molar-refractivity contribution in [2.45, 2.75) is 45.6 Å². The van der Waals surface area contributed by atoms with Gasteiger partial charge < -0.3 is 9.84 Å². The molecule has 3 nitrogen and oxygen atoms in total. The summed E-state index contributed by atoms with van der Waals surface area (Å²) in [5.74, 6) is 0.454. The zero-order chi connectivity index (χ0) is 14.9. The second-order valence-corrected chi connectivity index (χ2v) is 5.58. The van der Waals surface area contributed by atoms with Crippen LogP contribution in [-0.2, 0) is 10.4 Å². The van der Waals surface area contributed by atoms with Crippen molar-refractivity contribution in [3.8, 4) is 5.75 Å². The number of ether oxygens (including phenoxy) is 1. The van der Waals surface area contributed by atoms with E-state index in [0.717, 1.165) is 36.0 Å². The first kappa shape index (κ1) is 14.8. The molecule has 0 spiro atoms. The third-order valence-electron chi connectivity index (χ3n) is 3.99. The summed E-state index contributed by atoms with van der Waals surface area (Å²) in [4.78, 5) is 12.2. The SMILES string of the molecule is CCCCC1=CC(=O)C(C)(O)c2cc(OC)c(C)cc21. The van der Waals surface area contributed by atoms with Crippen molar-refractivity contribution >= 4 is 11.4 Å². The van der Waals surface area contributed by atoms with Crippen LogP contribution in [0.2, 0.25) is 0 Å². The van der Waals surface area contributed by atoms with Gasteiger partial charge in [-0.15, -0.1) is 0 Å². The quantitative estimate of drug-likeness (QED) is 0.915. The van der Waals surface area contributed by atoms with Gasteiger partial charge in [0.2, 0.25) is 0 Å². The minimum atomic E-state index is -1.47. The highest BCUT2D eigenvalue weighted by Gasteiger charge is 2.37. The van der Waals surface area contributed by atoms with Crippen LogP contribution < -0.4 is 4.74 Å². The van der Waals surface area contributed by atoms with Crippen LogP contribution in [0.3, 0.4) is 0 Å². The predicted molar refractivity (Wildman–Crippen MR) is 79.8 cm³/mol. The maximum atomic E-state index is 12.2. The molecule has 1 aliphatic carbocycles. The van der Waals surface area contributed by atoms with Gasteiger partial charge in [0, 0.05) is 5.56 Å². The predicted octanol–water partition coefficient (Wildman–Crippen LogP) is 3.37. The molecule has 1 atom stereocenters. The average molecular weight is 274 g/mol. The molecule has 1 aromatic carbocycles. The van der Waals surface area contributed by atoms with Gasteiger partial charge in [0.05, 0.1) is 7.11 Å². The first-order valence-electron chi connectivity index (χ1n) is 7.08. The Kier molecular flexibility index (Phi) is 4.00. The van der Waals surface area contributed by atoms with Crippen LogP contribution in [0.1, 0.15) is 49.8 Å². The van der Waals surface area contributed by atoms with E-state index in [9.17, 15) is 9.90 Å². The van der Waals surface area contributed by atoms with Crippen LogP contribution >= 0.6 is 0 Å². The summed E-state index contributed by atoms with van der Waals surface area (Å²) in [6.07, 6.45) is 4.57. The normalized spacial score (nSPS) is 21.4. The molecule has 0 heterocycles. The number of methoxy groups -OCH3 is 1. The van der Waals surface area contributed by atoms with E-state index >= 15 is 0 Å². The standard InChI is InChI=1S/C17H22O3/c1-5-6-7-12-9-16(18)17(3,19)14-10-15(20-4)11(2)8-13(12)14/h8-10,19H,5-7H2,1-4H3. The van der Waals surface area contributed by atoms with Gasteiger partial charge in [-0.05, 0) is 61.6 Å². The van der Waals surface area contributed by atoms with Gasteiger partial charge in [0.25, 0.3) is 0 Å². The van der Waals surface area contributed by atoms with Gasteiger partial charge in [-0.2, -0.15) is 0 Å². The Morgan fingerprint density at radius 3 is 2.65 bits per heavy atom. The molecule has 1 N–H and O–H groups in total. The van der Waals surface area contributed by atoms with Crippen molar-refractivity contribution < 1.29 is 14.6 Å². The van der Waals surface area contributed by atoms with Crippen LogP contribution in [0.25, 0.3) is 5.57 Å². The molecule has 1 aliphatic rings. The van der Waals surface area contributed by atoms with Gasteiger partial charge in [-0.1, -0.05) is 13.3 Å². The van der Waals surface area contributed by atoms with Crippen LogP contribution in [0, 0.1) is 6.92 Å². The Balaban J connectivity index is 2.59. The second-order valence-electron chi connectivity index (χ2n) is 5.58. The topological polar surface area (TPSA) is 46.5 Å². The summed E-state index contributed by atoms with van der Waals surface area (Å²) in [5, 5.41) is 10.5. The lowest BCUT2D eigenvalue weighted by atomic mass is 9.78. The highest BCUT2D eigenvalue weighted by atomic mass is 16.5. The van der Waals surface area contributed by atoms with Gasteiger partial charge in [-0.25, -0.2) is 0 Å². The molecular formula is C17H22O3. The summed E-state index contributed by atoms with van der Waals surface area (Å²) in [7, 11) is 1.60. The number of carbonyl (C=O) groups excluding carboxylic acids is 1. The molecule has 3 heteroatoms. The molecule has 20 heavy (non-hydrogen) atoms. The number of ketones is 1. The fourth-order valence-corrected chi connectivity index (χ4v) is 2.66. The number of rotatable bonds is 4. The van der Waals surface area contributed by atoms with Crippen molar-refractivity contribution in [2.75, 3.05) is 7.11 Å². The van der Waals surface area contributed by atoms with Crippen LogP contribution in [0.15, 0.2) is 18.2 Å². The third-order valence-corrected chi connectivity index (χ3v) is 3.99. The molecular weight excluding hydrogens is 252 g/mol. The van der Waals surface area contributed by atoms with Crippen LogP contribution in [0.4, 0.5) is 0 Å². The number of carbonyl (C=O) groups is 1. The zero-order valence-electron chi connectivity index (χ0n) is 12.6. The van der Waals surface area contributed by atoms with E-state index in [1.54, 1.807) is 26.2 Å². The van der Waals surface area contributed by atoms with E-state index in [1.165, 1.54) is 0 Å². The Morgan fingerprint density at radius 1 is 1.35 bits per heavy atom. The number of benzene rings is 1. The number of allylic oxidation sites excluding steroid dienone is 1. The number of hydrogen-bond acceptors (Lipinski definition) is 3. The lowest BCUT2D eigenvalue weighted by Crippen LogP contribution is -2.34. The fraction of sp³-hybridized carbons (Fsp3) is 0.471. The summed E-state index contributed by atoms with van der Waals surface area (Å²) in [5.41, 5.74) is 2.19. The Morgan fingerprint density at radius 2 is 2.05 bits per heavy atom. The number of unbranched alkanes of at least 4 members (excludes halogenated alkanes) is 1. The average Bonchev–Trinajstić information content (AvgIpc) is 2.41. The Labute approximate surface area is 120 Å². The molecule has 0 saturated carbocycles. The Hall–Kier alpha value is -1.61. The van der Waals surface area contributed by atoms with Gasteiger partial charge >= 0.3 is 0 Å². The van der Waals surface area contributed by atoms with Crippen LogP contribution in [-0.4, -0.2) is 18.0 Å². The summed E-state index contributed by atoms with van der Waals surface area (Å²) in [6.45, 7) is 5.65. The van der Waals surface area contributed by atoms with E-state index in [1.807, 2.05) is 13.0 Å². The molecule has 0 fully saturated rings. The first-order valence-corrected chi connectivity index (χ1v) is 7.08. The zero-order valence-corrected chi connectivity index (χ0v) is 12.6. The number of fused-ring (bicyclic) bond motifs is 1. The highest BCUT2D eigenvalue weighted by molar-refractivity contribution is 6.06. The molecule has 0 bridgehead atoms. The Bertz CT molecular complexity index is 568. The van der Waals surface area contributed by atoms with E-state index < -0.39 is 5.60 Å². The van der Waals surface area contributed by atoms with E-state index in [4.69, 9.17) is 4.74 Å². The molecule has 0 radical (unpaired) electrons. The van der Waals surface area contributed by atoms with Crippen LogP contribution in [0.5, 0.6) is 5.75 Å². The summed E-state index contributed by atoms with van der Waals surface area (Å²) >= 11 is 0. The molecule has 0 aliphatic heterocycles. The smallest absolute Gasteiger partial charge is 0.191 e. The van der Waals surface area contributed by atoms with E-state index in [2.05, 4.69) is 6.92 Å². The molecule has 1 unspecified atom stereocenters. The maximum absolute atomic E-state index is 12.2. The van der Waals surface area contributed by atoms with Gasteiger partial charge in [0.1, 0.15) is 11.4 Å². The minimum Gasteiger partial charge on any atom is -0.496 e. The lowest BCUT2D eigenvalue weighted by molar-refractivity contribution is -0.131. The highest BCUT2D eigenvalue weighted by Crippen LogP contribution is 2.40. The minimum absolute atomic E-state index is 0.248. The van der Waals surface area contributed by atoms with Crippen molar-refractivity contribution in [3.05, 3.63) is 34.9 Å². The number of aliphatic hydroxyl groups is 1. The second kappa shape index (κ2) is 5.41. The number of aryl methyl sites for hydroxylation is 1. The van der Waals surface area contributed by atoms with E-state index in [-0.39, 0.29) is 5.78 Å². The molecule has 2 rings (SSSR count). The lowest BCUT2D eigenvalue weighted by Gasteiger charge is -2.30.